The zero-order chi connectivity index (χ0) is 16.7. The molecule has 2 amide bonds. The number of carbonyl (C=O) groups excluding carboxylic acids is 2. The average molecular weight is 318 g/mol. The average Bonchev–Trinajstić information content (AvgIpc) is 2.83. The molecule has 0 bridgehead atoms. The van der Waals surface area contributed by atoms with Gasteiger partial charge >= 0.3 is 0 Å². The van der Waals surface area contributed by atoms with Gasteiger partial charge in [-0.05, 0) is 39.1 Å². The summed E-state index contributed by atoms with van der Waals surface area (Å²) in [6.07, 6.45) is 5.95. The number of aromatic nitrogens is 1. The molecule has 1 N–H and O–H groups in total. The third kappa shape index (κ3) is 5.32. The molecule has 1 saturated heterocycles. The van der Waals surface area contributed by atoms with Crippen molar-refractivity contribution in [2.45, 2.75) is 25.7 Å². The molecule has 0 aromatic carbocycles. The van der Waals surface area contributed by atoms with Gasteiger partial charge in [0.25, 0.3) is 11.8 Å². The third-order valence-corrected chi connectivity index (χ3v) is 3.98. The predicted octanol–water partition coefficient (Wildman–Crippen LogP) is 1.39. The fourth-order valence-electron chi connectivity index (χ4n) is 2.62. The number of pyridine rings is 1. The summed E-state index contributed by atoms with van der Waals surface area (Å²) in [5.74, 6) is -0.242. The minimum absolute atomic E-state index is 0.0742. The molecular weight excluding hydrogens is 292 g/mol. The number of hydrogen-bond acceptors (Lipinski definition) is 4. The smallest absolute Gasteiger partial charge is 0.272 e. The summed E-state index contributed by atoms with van der Waals surface area (Å²) in [5.41, 5.74) is 0.837. The quantitative estimate of drug-likeness (QED) is 0.891. The topological polar surface area (TPSA) is 65.5 Å². The molecule has 1 aliphatic rings. The minimum atomic E-state index is -0.167. The monoisotopic (exact) mass is 318 g/mol. The molecule has 1 aromatic heterocycles. The van der Waals surface area contributed by atoms with Crippen LogP contribution in [0.4, 0.5) is 0 Å². The number of nitrogens with zero attached hydrogens (tertiary/aromatic N) is 3. The van der Waals surface area contributed by atoms with Crippen LogP contribution >= 0.6 is 0 Å². The highest BCUT2D eigenvalue weighted by atomic mass is 16.2. The molecule has 0 aliphatic carbocycles. The SMILES string of the molecule is CN(C)CCNC(=O)c1ccnc(C(=O)N2CCCCCC2)c1. The highest BCUT2D eigenvalue weighted by Crippen LogP contribution is 2.13. The lowest BCUT2D eigenvalue weighted by atomic mass is 10.2. The Kier molecular flexibility index (Phi) is 6.52. The number of likely N-dealkylation sites (N-methyl/N-ethyl adjacent to an activating group) is 1. The Labute approximate surface area is 137 Å². The van der Waals surface area contributed by atoms with Gasteiger partial charge in [0.15, 0.2) is 0 Å². The molecule has 0 radical (unpaired) electrons. The molecule has 23 heavy (non-hydrogen) atoms. The largest absolute Gasteiger partial charge is 0.351 e. The normalized spacial score (nSPS) is 15.3. The van der Waals surface area contributed by atoms with Gasteiger partial charge in [-0.15, -0.1) is 0 Å². The van der Waals surface area contributed by atoms with Crippen molar-refractivity contribution >= 4 is 11.8 Å². The van der Waals surface area contributed by atoms with E-state index in [1.807, 2.05) is 23.9 Å². The molecule has 2 rings (SSSR count). The van der Waals surface area contributed by atoms with Crippen LogP contribution in [0.3, 0.4) is 0 Å². The van der Waals surface area contributed by atoms with Crippen LogP contribution in [-0.4, -0.2) is 66.9 Å². The van der Waals surface area contributed by atoms with Crippen molar-refractivity contribution in [3.05, 3.63) is 29.6 Å². The van der Waals surface area contributed by atoms with Gasteiger partial charge in [-0.25, -0.2) is 0 Å². The van der Waals surface area contributed by atoms with E-state index >= 15 is 0 Å². The number of hydrogen-bond donors (Lipinski definition) is 1. The Balaban J connectivity index is 2.00. The van der Waals surface area contributed by atoms with Gasteiger partial charge in [-0.3, -0.25) is 14.6 Å². The fraction of sp³-hybridized carbons (Fsp3) is 0.588. The maximum atomic E-state index is 12.6. The first-order chi connectivity index (χ1) is 11.1. The van der Waals surface area contributed by atoms with Gasteiger partial charge in [0.1, 0.15) is 5.69 Å². The molecule has 0 saturated carbocycles. The lowest BCUT2D eigenvalue weighted by molar-refractivity contribution is 0.0755. The van der Waals surface area contributed by atoms with E-state index in [-0.39, 0.29) is 11.8 Å². The molecule has 126 valence electrons. The van der Waals surface area contributed by atoms with E-state index in [1.165, 1.54) is 19.0 Å². The second-order valence-electron chi connectivity index (χ2n) is 6.20. The van der Waals surface area contributed by atoms with Crippen molar-refractivity contribution in [3.63, 3.8) is 0 Å². The van der Waals surface area contributed by atoms with Gasteiger partial charge in [0.05, 0.1) is 0 Å². The van der Waals surface area contributed by atoms with Crippen LogP contribution in [0.1, 0.15) is 46.5 Å². The second kappa shape index (κ2) is 8.62. The summed E-state index contributed by atoms with van der Waals surface area (Å²) in [5, 5.41) is 2.85. The standard InChI is InChI=1S/C17H26N4O2/c1-20(2)12-9-19-16(22)14-7-8-18-15(13-14)17(23)21-10-5-3-4-6-11-21/h7-8,13H,3-6,9-12H2,1-2H3,(H,19,22). The van der Waals surface area contributed by atoms with E-state index in [4.69, 9.17) is 0 Å². The van der Waals surface area contributed by atoms with E-state index in [1.54, 1.807) is 12.1 Å². The summed E-state index contributed by atoms with van der Waals surface area (Å²) in [4.78, 5) is 32.7. The van der Waals surface area contributed by atoms with Gasteiger partial charge in [0.2, 0.25) is 0 Å². The predicted molar refractivity (Wildman–Crippen MR) is 89.5 cm³/mol. The maximum Gasteiger partial charge on any atom is 0.272 e. The van der Waals surface area contributed by atoms with Gasteiger partial charge < -0.3 is 15.1 Å². The van der Waals surface area contributed by atoms with Crippen LogP contribution in [0.2, 0.25) is 0 Å². The van der Waals surface area contributed by atoms with Crippen LogP contribution in [-0.2, 0) is 0 Å². The Morgan fingerprint density at radius 3 is 2.57 bits per heavy atom. The second-order valence-corrected chi connectivity index (χ2v) is 6.20. The molecular formula is C17H26N4O2. The summed E-state index contributed by atoms with van der Waals surface area (Å²) in [7, 11) is 3.91. The first-order valence-corrected chi connectivity index (χ1v) is 8.26. The minimum Gasteiger partial charge on any atom is -0.351 e. The van der Waals surface area contributed by atoms with Gasteiger partial charge in [-0.1, -0.05) is 12.8 Å². The summed E-state index contributed by atoms with van der Waals surface area (Å²) in [6.45, 7) is 2.90. The van der Waals surface area contributed by atoms with Crippen molar-refractivity contribution < 1.29 is 9.59 Å². The molecule has 0 spiro atoms. The highest BCUT2D eigenvalue weighted by molar-refractivity contribution is 5.98. The molecule has 6 nitrogen and oxygen atoms in total. The number of carbonyl (C=O) groups is 2. The lowest BCUT2D eigenvalue weighted by Crippen LogP contribution is -2.33. The van der Waals surface area contributed by atoms with Crippen molar-refractivity contribution in [3.8, 4) is 0 Å². The summed E-state index contributed by atoms with van der Waals surface area (Å²) < 4.78 is 0. The van der Waals surface area contributed by atoms with Crippen LogP contribution in [0.25, 0.3) is 0 Å². The van der Waals surface area contributed by atoms with Crippen LogP contribution in [0, 0.1) is 0 Å². The maximum absolute atomic E-state index is 12.6. The van der Waals surface area contributed by atoms with E-state index < -0.39 is 0 Å². The molecule has 2 heterocycles. The van der Waals surface area contributed by atoms with Gasteiger partial charge in [0, 0.05) is 37.9 Å². The van der Waals surface area contributed by atoms with Gasteiger partial charge in [-0.2, -0.15) is 0 Å². The Morgan fingerprint density at radius 2 is 1.91 bits per heavy atom. The van der Waals surface area contributed by atoms with E-state index in [0.29, 0.717) is 17.8 Å². The number of rotatable bonds is 5. The highest BCUT2D eigenvalue weighted by Gasteiger charge is 2.19. The van der Waals surface area contributed by atoms with E-state index in [2.05, 4.69) is 10.3 Å². The molecule has 1 aliphatic heterocycles. The van der Waals surface area contributed by atoms with Crippen molar-refractivity contribution in [2.75, 3.05) is 40.3 Å². The third-order valence-electron chi connectivity index (χ3n) is 3.98. The Hall–Kier alpha value is -1.95. The molecule has 0 unspecified atom stereocenters. The number of nitrogens with one attached hydrogen (secondary N) is 1. The van der Waals surface area contributed by atoms with Crippen LogP contribution in [0.5, 0.6) is 0 Å². The van der Waals surface area contributed by atoms with Crippen molar-refractivity contribution in [1.82, 2.24) is 20.1 Å². The summed E-state index contributed by atoms with van der Waals surface area (Å²) >= 11 is 0. The van der Waals surface area contributed by atoms with Crippen LogP contribution in [0.15, 0.2) is 18.3 Å². The first-order valence-electron chi connectivity index (χ1n) is 8.26. The zero-order valence-electron chi connectivity index (χ0n) is 14.0. The zero-order valence-corrected chi connectivity index (χ0v) is 14.0. The Morgan fingerprint density at radius 1 is 1.22 bits per heavy atom. The Bertz CT molecular complexity index is 537. The molecule has 1 aromatic rings. The number of amides is 2. The fourth-order valence-corrected chi connectivity index (χ4v) is 2.62. The first kappa shape index (κ1) is 17.4. The van der Waals surface area contributed by atoms with Crippen LogP contribution < -0.4 is 5.32 Å². The lowest BCUT2D eigenvalue weighted by Gasteiger charge is -2.19. The molecule has 1 fully saturated rings. The van der Waals surface area contributed by atoms with E-state index in [0.717, 1.165) is 32.5 Å². The molecule has 6 heteroatoms. The number of likely N-dealkylation sites (tertiary alicyclic amines) is 1. The van der Waals surface area contributed by atoms with Crippen molar-refractivity contribution in [1.29, 1.82) is 0 Å². The molecule has 0 atom stereocenters. The van der Waals surface area contributed by atoms with E-state index in [9.17, 15) is 9.59 Å². The summed E-state index contributed by atoms with van der Waals surface area (Å²) in [6, 6.07) is 3.24. The van der Waals surface area contributed by atoms with Crippen molar-refractivity contribution in [2.24, 2.45) is 0 Å².